The number of alkyl halides is 5. The van der Waals surface area contributed by atoms with Gasteiger partial charge in [-0.05, 0) is 31.2 Å². The highest BCUT2D eigenvalue weighted by atomic mass is 19.4. The first kappa shape index (κ1) is 25.3. The molecule has 2 aromatic heterocycles. The van der Waals surface area contributed by atoms with E-state index in [0.29, 0.717) is 10.6 Å². The van der Waals surface area contributed by atoms with Gasteiger partial charge in [0.25, 0.3) is 11.5 Å². The number of hydrogen-bond donors (Lipinski definition) is 2. The van der Waals surface area contributed by atoms with Crippen molar-refractivity contribution in [2.75, 3.05) is 23.3 Å². The van der Waals surface area contributed by atoms with Gasteiger partial charge in [-0.1, -0.05) is 0 Å². The minimum atomic E-state index is -4.82. The topological polar surface area (TPSA) is 86.9 Å². The van der Waals surface area contributed by atoms with Gasteiger partial charge in [0.2, 0.25) is 0 Å². The number of carbonyl (C=O) groups is 1. The molecular formula is C23H20F6N4O3. The molecule has 0 unspecified atom stereocenters. The van der Waals surface area contributed by atoms with E-state index in [1.165, 1.54) is 11.8 Å². The normalized spacial score (nSPS) is 16.7. The molecule has 0 saturated carbocycles. The third-order valence-corrected chi connectivity index (χ3v) is 5.97. The van der Waals surface area contributed by atoms with Crippen LogP contribution in [0.25, 0.3) is 5.65 Å². The van der Waals surface area contributed by atoms with Crippen LogP contribution >= 0.6 is 0 Å². The van der Waals surface area contributed by atoms with E-state index in [-0.39, 0.29) is 35.8 Å². The summed E-state index contributed by atoms with van der Waals surface area (Å²) in [6.07, 6.45) is -5.15. The highest BCUT2D eigenvalue weighted by molar-refractivity contribution is 5.94. The lowest BCUT2D eigenvalue weighted by Crippen LogP contribution is -2.40. The maximum Gasteiger partial charge on any atom is 0.417 e. The molecule has 1 fully saturated rings. The van der Waals surface area contributed by atoms with Crippen molar-refractivity contribution in [3.05, 3.63) is 69.4 Å². The summed E-state index contributed by atoms with van der Waals surface area (Å²) in [6, 6.07) is 3.61. The Kier molecular flexibility index (Phi) is 6.35. The molecule has 36 heavy (non-hydrogen) atoms. The predicted octanol–water partition coefficient (Wildman–Crippen LogP) is 4.96. The van der Waals surface area contributed by atoms with Gasteiger partial charge in [0, 0.05) is 49.4 Å². The molecule has 0 spiro atoms. The van der Waals surface area contributed by atoms with Crippen LogP contribution in [0.4, 0.5) is 37.8 Å². The van der Waals surface area contributed by atoms with Gasteiger partial charge in [-0.2, -0.15) is 13.2 Å². The van der Waals surface area contributed by atoms with Crippen LogP contribution in [0.15, 0.2) is 41.3 Å². The number of carboxylic acid groups (broad SMARTS) is 1. The van der Waals surface area contributed by atoms with Gasteiger partial charge >= 0.3 is 12.1 Å². The number of aromatic carboxylic acids is 1. The Morgan fingerprint density at radius 1 is 1.17 bits per heavy atom. The van der Waals surface area contributed by atoms with Crippen molar-refractivity contribution in [1.29, 1.82) is 0 Å². The first-order valence-electron chi connectivity index (χ1n) is 10.8. The van der Waals surface area contributed by atoms with E-state index in [2.05, 4.69) is 10.3 Å². The number of carboxylic acids is 1. The molecular weight excluding hydrogens is 494 g/mol. The van der Waals surface area contributed by atoms with Gasteiger partial charge in [-0.3, -0.25) is 9.20 Å². The van der Waals surface area contributed by atoms with Gasteiger partial charge in [0.1, 0.15) is 17.3 Å². The van der Waals surface area contributed by atoms with Crippen LogP contribution in [0.3, 0.4) is 0 Å². The lowest BCUT2D eigenvalue weighted by atomic mass is 10.0. The number of aromatic nitrogens is 2. The Hall–Kier alpha value is -3.77. The highest BCUT2D eigenvalue weighted by Crippen LogP contribution is 2.34. The first-order chi connectivity index (χ1) is 16.7. The second-order valence-electron chi connectivity index (χ2n) is 8.53. The summed E-state index contributed by atoms with van der Waals surface area (Å²) >= 11 is 0. The zero-order valence-corrected chi connectivity index (χ0v) is 18.7. The second kappa shape index (κ2) is 9.03. The molecule has 3 heterocycles. The fourth-order valence-electron chi connectivity index (χ4n) is 4.04. The Morgan fingerprint density at radius 2 is 1.83 bits per heavy atom. The van der Waals surface area contributed by atoms with Gasteiger partial charge in [-0.15, -0.1) is 0 Å². The number of hydrogen-bond acceptors (Lipinski definition) is 5. The minimum absolute atomic E-state index is 0.0386. The number of benzene rings is 1. The van der Waals surface area contributed by atoms with E-state index in [1.807, 2.05) is 0 Å². The van der Waals surface area contributed by atoms with E-state index in [4.69, 9.17) is 0 Å². The van der Waals surface area contributed by atoms with Crippen LogP contribution < -0.4 is 15.8 Å². The molecule has 192 valence electrons. The molecule has 0 aliphatic carbocycles. The number of piperidine rings is 1. The molecule has 7 nitrogen and oxygen atoms in total. The number of fused-ring (bicyclic) bond motifs is 1. The quantitative estimate of drug-likeness (QED) is 0.469. The summed E-state index contributed by atoms with van der Waals surface area (Å²) in [5.74, 6) is -5.10. The van der Waals surface area contributed by atoms with Crippen LogP contribution in [0.5, 0.6) is 0 Å². The smallest absolute Gasteiger partial charge is 0.417 e. The van der Waals surface area contributed by atoms with Crippen LogP contribution in [0.2, 0.25) is 0 Å². The maximum atomic E-state index is 13.6. The molecule has 2 N–H and O–H groups in total. The summed E-state index contributed by atoms with van der Waals surface area (Å²) in [6.45, 7) is 1.22. The lowest BCUT2D eigenvalue weighted by molar-refractivity contribution is -0.137. The van der Waals surface area contributed by atoms with Crippen molar-refractivity contribution in [2.24, 2.45) is 0 Å². The highest BCUT2D eigenvalue weighted by Gasteiger charge is 2.35. The molecule has 0 radical (unpaired) electrons. The van der Waals surface area contributed by atoms with Gasteiger partial charge in [-0.25, -0.2) is 22.9 Å². The summed E-state index contributed by atoms with van der Waals surface area (Å²) in [7, 11) is 0. The molecule has 13 heteroatoms. The zero-order chi connectivity index (χ0) is 26.4. The Morgan fingerprint density at radius 3 is 2.44 bits per heavy atom. The predicted molar refractivity (Wildman–Crippen MR) is 118 cm³/mol. The van der Waals surface area contributed by atoms with Gasteiger partial charge < -0.3 is 15.3 Å². The maximum absolute atomic E-state index is 13.6. The lowest BCUT2D eigenvalue weighted by Gasteiger charge is -2.32. The molecule has 1 atom stereocenters. The Balaban J connectivity index is 1.83. The van der Waals surface area contributed by atoms with Crippen molar-refractivity contribution in [3.8, 4) is 0 Å². The van der Waals surface area contributed by atoms with E-state index < -0.39 is 59.5 Å². The largest absolute Gasteiger partial charge is 0.478 e. The van der Waals surface area contributed by atoms with Crippen LogP contribution in [0, 0.1) is 5.82 Å². The Labute approximate surface area is 200 Å². The van der Waals surface area contributed by atoms with Crippen molar-refractivity contribution < 1.29 is 36.2 Å². The van der Waals surface area contributed by atoms with Crippen LogP contribution in [0.1, 0.15) is 47.3 Å². The molecule has 4 rings (SSSR count). The van der Waals surface area contributed by atoms with Crippen molar-refractivity contribution in [2.45, 2.75) is 37.9 Å². The van der Waals surface area contributed by atoms with E-state index in [0.717, 1.165) is 30.3 Å². The number of halogens is 6. The van der Waals surface area contributed by atoms with Crippen molar-refractivity contribution >= 4 is 23.1 Å². The molecule has 3 aromatic rings. The zero-order valence-electron chi connectivity index (χ0n) is 18.7. The van der Waals surface area contributed by atoms with Crippen LogP contribution in [-0.4, -0.2) is 39.5 Å². The Bertz CT molecular complexity index is 1380. The molecule has 0 amide bonds. The SMILES string of the molecule is C[C@@H](Nc1ccc(F)cc1C(=O)O)c1cc(C(F)(F)F)cn2c(=O)cc(N3CCC(F)(F)CC3)nc12. The summed E-state index contributed by atoms with van der Waals surface area (Å²) in [5.41, 5.74) is -2.78. The number of nitrogens with zero attached hydrogens (tertiary/aromatic N) is 3. The summed E-state index contributed by atoms with van der Waals surface area (Å²) < 4.78 is 82.3. The number of anilines is 2. The second-order valence-corrected chi connectivity index (χ2v) is 8.53. The third kappa shape index (κ3) is 5.09. The molecule has 1 aromatic carbocycles. The minimum Gasteiger partial charge on any atom is -0.478 e. The average molecular weight is 514 g/mol. The number of nitrogens with one attached hydrogen (secondary N) is 1. The number of rotatable bonds is 5. The molecule has 1 aliphatic heterocycles. The van der Waals surface area contributed by atoms with Crippen LogP contribution in [-0.2, 0) is 6.18 Å². The molecule has 1 aliphatic rings. The van der Waals surface area contributed by atoms with E-state index in [1.54, 1.807) is 0 Å². The average Bonchev–Trinajstić information content (AvgIpc) is 2.78. The third-order valence-electron chi connectivity index (χ3n) is 5.97. The summed E-state index contributed by atoms with van der Waals surface area (Å²) in [5, 5.41) is 12.1. The monoisotopic (exact) mass is 514 g/mol. The van der Waals surface area contributed by atoms with Crippen molar-refractivity contribution in [3.63, 3.8) is 0 Å². The van der Waals surface area contributed by atoms with Gasteiger partial charge in [0.05, 0.1) is 17.2 Å². The van der Waals surface area contributed by atoms with E-state index >= 15 is 0 Å². The molecule has 1 saturated heterocycles. The first-order valence-corrected chi connectivity index (χ1v) is 10.8. The van der Waals surface area contributed by atoms with E-state index in [9.17, 15) is 41.0 Å². The fraction of sp³-hybridized carbons (Fsp3) is 0.348. The molecule has 0 bridgehead atoms. The standard InChI is InChI=1S/C23H20F6N4O3/c1-12(30-17-3-2-14(24)9-16(17)21(35)36)15-8-13(23(27,28)29)11-33-19(34)10-18(31-20(15)33)32-6-4-22(25,26)5-7-32/h2-3,8-12,30H,4-7H2,1H3,(H,35,36)/t12-/m1/s1. The van der Waals surface area contributed by atoms with Crippen molar-refractivity contribution in [1.82, 2.24) is 9.38 Å². The summed E-state index contributed by atoms with van der Waals surface area (Å²) in [4.78, 5) is 30.1. The fourth-order valence-corrected chi connectivity index (χ4v) is 4.04. The number of pyridine rings is 1. The van der Waals surface area contributed by atoms with Gasteiger partial charge in [0.15, 0.2) is 0 Å².